The Balaban J connectivity index is 2.14. The van der Waals surface area contributed by atoms with E-state index in [4.69, 9.17) is 11.5 Å². The molecule has 1 aliphatic heterocycles. The predicted octanol–water partition coefficient (Wildman–Crippen LogP) is -0.743. The zero-order valence-corrected chi connectivity index (χ0v) is 10.5. The first-order valence-corrected chi connectivity index (χ1v) is 5.89. The molecular weight excluding hydrogens is 250 g/mol. The molecule has 1 fully saturated rings. The van der Waals surface area contributed by atoms with Crippen molar-refractivity contribution in [2.24, 2.45) is 0 Å². The van der Waals surface area contributed by atoms with E-state index in [0.29, 0.717) is 6.42 Å². The summed E-state index contributed by atoms with van der Waals surface area (Å²) in [6.45, 7) is 1.87. The molecule has 1 aromatic rings. The summed E-state index contributed by atoms with van der Waals surface area (Å²) in [7, 11) is 0. The van der Waals surface area contributed by atoms with Crippen molar-refractivity contribution < 1.29 is 9.59 Å². The highest BCUT2D eigenvalue weighted by atomic mass is 16.2. The fourth-order valence-corrected chi connectivity index (χ4v) is 1.88. The van der Waals surface area contributed by atoms with Gasteiger partial charge in [0, 0.05) is 0 Å². The Bertz CT molecular complexity index is 498. The number of urea groups is 1. The molecule has 19 heavy (non-hydrogen) atoms. The zero-order chi connectivity index (χ0) is 14.0. The van der Waals surface area contributed by atoms with Crippen LogP contribution in [0, 0.1) is 0 Å². The van der Waals surface area contributed by atoms with E-state index >= 15 is 0 Å². The monoisotopic (exact) mass is 265 g/mol. The van der Waals surface area contributed by atoms with Crippen LogP contribution in [-0.4, -0.2) is 37.8 Å². The molecule has 9 nitrogen and oxygen atoms in total. The van der Waals surface area contributed by atoms with Crippen LogP contribution in [0.1, 0.15) is 25.6 Å². The maximum absolute atomic E-state index is 12.0. The summed E-state index contributed by atoms with van der Waals surface area (Å²) in [6.07, 6.45) is 1.40. The first-order valence-electron chi connectivity index (χ1n) is 5.89. The largest absolute Gasteiger partial charge is 0.368 e. The van der Waals surface area contributed by atoms with Gasteiger partial charge in [0.25, 0.3) is 5.91 Å². The zero-order valence-electron chi connectivity index (χ0n) is 10.5. The van der Waals surface area contributed by atoms with E-state index < -0.39 is 12.1 Å². The van der Waals surface area contributed by atoms with Crippen LogP contribution in [0.5, 0.6) is 0 Å². The Morgan fingerprint density at radius 1 is 1.21 bits per heavy atom. The van der Waals surface area contributed by atoms with E-state index in [1.807, 2.05) is 6.92 Å². The average molecular weight is 265 g/mol. The Morgan fingerprint density at radius 3 is 2.42 bits per heavy atom. The van der Waals surface area contributed by atoms with Gasteiger partial charge in [-0.25, -0.2) is 4.79 Å². The number of nitrogens with two attached hydrogens (primary N) is 2. The molecule has 1 aliphatic rings. The van der Waals surface area contributed by atoms with Gasteiger partial charge < -0.3 is 16.8 Å². The smallest absolute Gasteiger partial charge is 0.325 e. The molecule has 0 bridgehead atoms. The molecule has 0 aromatic carbocycles. The number of hydrogen-bond acceptors (Lipinski definition) is 7. The lowest BCUT2D eigenvalue weighted by atomic mass is 10.2. The van der Waals surface area contributed by atoms with Gasteiger partial charge in [-0.3, -0.25) is 9.69 Å². The van der Waals surface area contributed by atoms with Crippen LogP contribution in [0.25, 0.3) is 0 Å². The van der Waals surface area contributed by atoms with E-state index in [1.54, 1.807) is 0 Å². The summed E-state index contributed by atoms with van der Waals surface area (Å²) in [5, 5.41) is 2.61. The molecule has 2 rings (SSSR count). The number of carbonyl (C=O) groups is 2. The summed E-state index contributed by atoms with van der Waals surface area (Å²) in [4.78, 5) is 36.0. The van der Waals surface area contributed by atoms with Crippen molar-refractivity contribution >= 4 is 23.8 Å². The number of carbonyl (C=O) groups excluding carboxylic acids is 2. The van der Waals surface area contributed by atoms with Crippen LogP contribution in [0.3, 0.4) is 0 Å². The summed E-state index contributed by atoms with van der Waals surface area (Å²) >= 11 is 0. The number of amides is 3. The van der Waals surface area contributed by atoms with Gasteiger partial charge in [-0.2, -0.15) is 15.0 Å². The lowest BCUT2D eigenvalue weighted by Gasteiger charge is -2.12. The van der Waals surface area contributed by atoms with Gasteiger partial charge in [-0.1, -0.05) is 13.3 Å². The third kappa shape index (κ3) is 2.69. The summed E-state index contributed by atoms with van der Waals surface area (Å²) in [5.41, 5.74) is 10.9. The number of imide groups is 1. The van der Waals surface area contributed by atoms with Gasteiger partial charge in [0.15, 0.2) is 5.82 Å². The van der Waals surface area contributed by atoms with E-state index in [-0.39, 0.29) is 30.2 Å². The number of nitrogens with one attached hydrogen (secondary N) is 1. The molecule has 0 unspecified atom stereocenters. The minimum Gasteiger partial charge on any atom is -0.368 e. The van der Waals surface area contributed by atoms with Crippen LogP contribution in [0.2, 0.25) is 0 Å². The van der Waals surface area contributed by atoms with Gasteiger partial charge in [-0.15, -0.1) is 0 Å². The molecule has 1 saturated heterocycles. The van der Waals surface area contributed by atoms with Crippen molar-refractivity contribution in [3.05, 3.63) is 5.82 Å². The number of hydrogen-bond donors (Lipinski definition) is 3. The van der Waals surface area contributed by atoms with Crippen LogP contribution in [0.4, 0.5) is 16.7 Å². The Hall–Kier alpha value is -2.45. The summed E-state index contributed by atoms with van der Waals surface area (Å²) in [5.74, 6) is -0.186. The molecule has 1 aromatic heterocycles. The molecular formula is C10H15N7O2. The number of nitrogen functional groups attached to an aromatic ring is 2. The number of rotatable bonds is 4. The molecule has 0 spiro atoms. The summed E-state index contributed by atoms with van der Waals surface area (Å²) in [6, 6.07) is -0.935. The van der Waals surface area contributed by atoms with E-state index in [1.165, 1.54) is 0 Å². The number of aromatic nitrogens is 3. The van der Waals surface area contributed by atoms with E-state index in [0.717, 1.165) is 11.3 Å². The fraction of sp³-hybridized carbons (Fsp3) is 0.500. The third-order valence-electron chi connectivity index (χ3n) is 2.70. The predicted molar refractivity (Wildman–Crippen MR) is 66.4 cm³/mol. The molecule has 0 radical (unpaired) electrons. The molecule has 5 N–H and O–H groups in total. The van der Waals surface area contributed by atoms with Crippen molar-refractivity contribution in [3.63, 3.8) is 0 Å². The molecule has 2 heterocycles. The Kier molecular flexibility index (Phi) is 3.45. The van der Waals surface area contributed by atoms with Crippen LogP contribution in [0.15, 0.2) is 0 Å². The number of anilines is 2. The quantitative estimate of drug-likeness (QED) is 0.608. The fourth-order valence-electron chi connectivity index (χ4n) is 1.88. The van der Waals surface area contributed by atoms with Crippen molar-refractivity contribution in [2.45, 2.75) is 32.4 Å². The maximum atomic E-state index is 12.0. The van der Waals surface area contributed by atoms with Crippen LogP contribution in [-0.2, 0) is 11.3 Å². The minimum absolute atomic E-state index is 0.0420. The summed E-state index contributed by atoms with van der Waals surface area (Å²) < 4.78 is 0. The lowest BCUT2D eigenvalue weighted by molar-refractivity contribution is -0.128. The van der Waals surface area contributed by atoms with Crippen molar-refractivity contribution in [2.75, 3.05) is 11.5 Å². The van der Waals surface area contributed by atoms with Gasteiger partial charge in [0.1, 0.15) is 6.04 Å². The second kappa shape index (κ2) is 5.04. The van der Waals surface area contributed by atoms with Gasteiger partial charge >= 0.3 is 6.03 Å². The first-order chi connectivity index (χ1) is 9.01. The van der Waals surface area contributed by atoms with E-state index in [9.17, 15) is 9.59 Å². The molecule has 1 atom stereocenters. The topological polar surface area (TPSA) is 140 Å². The van der Waals surface area contributed by atoms with Crippen molar-refractivity contribution in [1.29, 1.82) is 0 Å². The SMILES string of the molecule is CCC[C@H]1NC(=O)N(Cc2nc(N)nc(N)n2)C1=O. The van der Waals surface area contributed by atoms with Gasteiger partial charge in [0.05, 0.1) is 6.54 Å². The van der Waals surface area contributed by atoms with Crippen molar-refractivity contribution in [3.8, 4) is 0 Å². The van der Waals surface area contributed by atoms with Gasteiger partial charge in [0.2, 0.25) is 11.9 Å². The average Bonchev–Trinajstić information content (AvgIpc) is 2.56. The molecule has 9 heteroatoms. The highest BCUT2D eigenvalue weighted by Crippen LogP contribution is 2.13. The van der Waals surface area contributed by atoms with Crippen LogP contribution >= 0.6 is 0 Å². The lowest BCUT2D eigenvalue weighted by Crippen LogP contribution is -2.32. The highest BCUT2D eigenvalue weighted by Gasteiger charge is 2.37. The third-order valence-corrected chi connectivity index (χ3v) is 2.70. The first kappa shape index (κ1) is 13.0. The second-order valence-corrected chi connectivity index (χ2v) is 4.18. The number of nitrogens with zero attached hydrogens (tertiary/aromatic N) is 4. The molecule has 3 amide bonds. The second-order valence-electron chi connectivity index (χ2n) is 4.18. The molecule has 0 aliphatic carbocycles. The standard InChI is InChI=1S/C10H15N7O2/c1-2-3-5-7(18)17(10(19)13-5)4-6-14-8(11)16-9(12)15-6/h5H,2-4H2,1H3,(H,13,19)(H4,11,12,14,15,16)/t5-/m1/s1. The normalized spacial score (nSPS) is 18.8. The van der Waals surface area contributed by atoms with E-state index in [2.05, 4.69) is 20.3 Å². The van der Waals surface area contributed by atoms with Crippen molar-refractivity contribution in [1.82, 2.24) is 25.2 Å². The Morgan fingerprint density at radius 2 is 1.84 bits per heavy atom. The maximum Gasteiger partial charge on any atom is 0.325 e. The Labute approximate surface area is 109 Å². The minimum atomic E-state index is -0.478. The van der Waals surface area contributed by atoms with Gasteiger partial charge in [-0.05, 0) is 6.42 Å². The molecule has 102 valence electrons. The highest BCUT2D eigenvalue weighted by molar-refractivity contribution is 6.04. The van der Waals surface area contributed by atoms with Crippen LogP contribution < -0.4 is 16.8 Å². The molecule has 0 saturated carbocycles.